The summed E-state index contributed by atoms with van der Waals surface area (Å²) in [5.41, 5.74) is 6.51. The van der Waals surface area contributed by atoms with E-state index >= 15 is 0 Å². The fourth-order valence-electron chi connectivity index (χ4n) is 1.94. The molecule has 1 aliphatic carbocycles. The highest BCUT2D eigenvalue weighted by atomic mass is 32.1. The summed E-state index contributed by atoms with van der Waals surface area (Å²) >= 11 is 1.44. The van der Waals surface area contributed by atoms with Crippen molar-refractivity contribution in [3.63, 3.8) is 0 Å². The Morgan fingerprint density at radius 2 is 2.41 bits per heavy atom. The van der Waals surface area contributed by atoms with Crippen LogP contribution in [0.5, 0.6) is 0 Å². The molecule has 1 atom stereocenters. The summed E-state index contributed by atoms with van der Waals surface area (Å²) in [6, 6.07) is -0.106. The van der Waals surface area contributed by atoms with Gasteiger partial charge in [-0.05, 0) is 25.2 Å². The molecule has 1 saturated carbocycles. The lowest BCUT2D eigenvalue weighted by atomic mass is 9.70. The van der Waals surface area contributed by atoms with E-state index in [1.54, 1.807) is 5.38 Å². The molecule has 17 heavy (non-hydrogen) atoms. The standard InChI is InChI=1S/C12H19N3OS/c1-8(13)11-15-9(6-17-11)10(16)14-7-12(2)4-3-5-12/h6,8H,3-5,7,13H2,1-2H3,(H,14,16). The van der Waals surface area contributed by atoms with E-state index < -0.39 is 0 Å². The van der Waals surface area contributed by atoms with Crippen LogP contribution >= 0.6 is 11.3 Å². The topological polar surface area (TPSA) is 68.0 Å². The summed E-state index contributed by atoms with van der Waals surface area (Å²) < 4.78 is 0. The van der Waals surface area contributed by atoms with Crippen LogP contribution in [-0.4, -0.2) is 17.4 Å². The SMILES string of the molecule is CC(N)c1nc(C(=O)NCC2(C)CCC2)cs1. The molecule has 0 aromatic carbocycles. The normalized spacial score (nSPS) is 19.5. The fourth-order valence-corrected chi connectivity index (χ4v) is 2.70. The number of hydrogen-bond donors (Lipinski definition) is 2. The number of nitrogens with two attached hydrogens (primary N) is 1. The van der Waals surface area contributed by atoms with Gasteiger partial charge in [-0.25, -0.2) is 4.98 Å². The monoisotopic (exact) mass is 253 g/mol. The van der Waals surface area contributed by atoms with Gasteiger partial charge in [-0.15, -0.1) is 11.3 Å². The highest BCUT2D eigenvalue weighted by molar-refractivity contribution is 7.09. The first-order valence-corrected chi connectivity index (χ1v) is 6.87. The third kappa shape index (κ3) is 2.84. The number of thiazole rings is 1. The third-order valence-electron chi connectivity index (χ3n) is 3.38. The molecule has 94 valence electrons. The smallest absolute Gasteiger partial charge is 0.270 e. The summed E-state index contributed by atoms with van der Waals surface area (Å²) in [6.45, 7) is 4.83. The summed E-state index contributed by atoms with van der Waals surface area (Å²) in [7, 11) is 0. The van der Waals surface area contributed by atoms with E-state index in [2.05, 4.69) is 17.2 Å². The summed E-state index contributed by atoms with van der Waals surface area (Å²) in [6.07, 6.45) is 3.68. The van der Waals surface area contributed by atoms with Gasteiger partial charge in [0, 0.05) is 11.9 Å². The molecule has 0 saturated heterocycles. The first-order chi connectivity index (χ1) is 8.00. The Balaban J connectivity index is 1.90. The predicted octanol–water partition coefficient (Wildman–Crippen LogP) is 2.08. The minimum absolute atomic E-state index is 0.0822. The van der Waals surface area contributed by atoms with Gasteiger partial charge in [0.1, 0.15) is 10.7 Å². The molecule has 0 aliphatic heterocycles. The van der Waals surface area contributed by atoms with Crippen molar-refractivity contribution >= 4 is 17.2 Å². The molecule has 2 rings (SSSR count). The van der Waals surface area contributed by atoms with Crippen LogP contribution in [0.25, 0.3) is 0 Å². The van der Waals surface area contributed by atoms with Crippen molar-refractivity contribution in [3.05, 3.63) is 16.1 Å². The second-order valence-electron chi connectivity index (χ2n) is 5.21. The molecule has 1 aliphatic rings. The molecule has 1 aromatic heterocycles. The molecular weight excluding hydrogens is 234 g/mol. The van der Waals surface area contributed by atoms with Crippen LogP contribution in [0.1, 0.15) is 54.6 Å². The van der Waals surface area contributed by atoms with Crippen molar-refractivity contribution in [2.24, 2.45) is 11.1 Å². The zero-order valence-electron chi connectivity index (χ0n) is 10.3. The van der Waals surface area contributed by atoms with Crippen LogP contribution in [0, 0.1) is 5.41 Å². The Kier molecular flexibility index (Phi) is 3.49. The molecule has 1 fully saturated rings. The number of nitrogens with one attached hydrogen (secondary N) is 1. The van der Waals surface area contributed by atoms with Gasteiger partial charge in [0.15, 0.2) is 0 Å². The van der Waals surface area contributed by atoms with Crippen molar-refractivity contribution in [1.29, 1.82) is 0 Å². The average molecular weight is 253 g/mol. The van der Waals surface area contributed by atoms with Crippen LogP contribution in [0.15, 0.2) is 5.38 Å². The maximum atomic E-state index is 11.9. The number of carbonyl (C=O) groups excluding carboxylic acids is 1. The lowest BCUT2D eigenvalue weighted by Gasteiger charge is -2.38. The zero-order chi connectivity index (χ0) is 12.5. The second kappa shape index (κ2) is 4.74. The number of nitrogens with zero attached hydrogens (tertiary/aromatic N) is 1. The second-order valence-corrected chi connectivity index (χ2v) is 6.10. The van der Waals surface area contributed by atoms with Crippen LogP contribution in [-0.2, 0) is 0 Å². The Morgan fingerprint density at radius 1 is 1.71 bits per heavy atom. The van der Waals surface area contributed by atoms with Gasteiger partial charge in [0.2, 0.25) is 0 Å². The van der Waals surface area contributed by atoms with Gasteiger partial charge in [-0.2, -0.15) is 0 Å². The molecule has 0 spiro atoms. The molecule has 3 N–H and O–H groups in total. The van der Waals surface area contributed by atoms with E-state index in [1.165, 1.54) is 30.6 Å². The maximum absolute atomic E-state index is 11.9. The van der Waals surface area contributed by atoms with Gasteiger partial charge in [-0.1, -0.05) is 13.3 Å². The van der Waals surface area contributed by atoms with Gasteiger partial charge in [0.25, 0.3) is 5.91 Å². The molecule has 1 heterocycles. The lowest BCUT2D eigenvalue weighted by molar-refractivity contribution is 0.0886. The van der Waals surface area contributed by atoms with E-state index in [1.807, 2.05) is 6.92 Å². The summed E-state index contributed by atoms with van der Waals surface area (Å²) in [5, 5.41) is 5.54. The minimum Gasteiger partial charge on any atom is -0.350 e. The van der Waals surface area contributed by atoms with E-state index in [0.717, 1.165) is 11.6 Å². The van der Waals surface area contributed by atoms with Gasteiger partial charge >= 0.3 is 0 Å². The van der Waals surface area contributed by atoms with Crippen molar-refractivity contribution < 1.29 is 4.79 Å². The van der Waals surface area contributed by atoms with E-state index in [0.29, 0.717) is 11.1 Å². The number of carbonyl (C=O) groups is 1. The van der Waals surface area contributed by atoms with E-state index in [4.69, 9.17) is 5.73 Å². The molecule has 1 aromatic rings. The molecule has 1 unspecified atom stereocenters. The Labute approximate surface area is 106 Å². The maximum Gasteiger partial charge on any atom is 0.270 e. The number of amides is 1. The van der Waals surface area contributed by atoms with Gasteiger partial charge < -0.3 is 11.1 Å². The predicted molar refractivity (Wildman–Crippen MR) is 69.0 cm³/mol. The van der Waals surface area contributed by atoms with Crippen molar-refractivity contribution in [2.45, 2.75) is 39.2 Å². The minimum atomic E-state index is -0.106. The van der Waals surface area contributed by atoms with Crippen LogP contribution in [0.2, 0.25) is 0 Å². The number of rotatable bonds is 4. The number of aromatic nitrogens is 1. The van der Waals surface area contributed by atoms with Crippen molar-refractivity contribution in [1.82, 2.24) is 10.3 Å². The highest BCUT2D eigenvalue weighted by Crippen LogP contribution is 2.39. The number of hydrogen-bond acceptors (Lipinski definition) is 4. The van der Waals surface area contributed by atoms with E-state index in [-0.39, 0.29) is 11.9 Å². The Bertz CT molecular complexity index is 410. The van der Waals surface area contributed by atoms with E-state index in [9.17, 15) is 4.79 Å². The molecule has 0 bridgehead atoms. The first kappa shape index (κ1) is 12.5. The summed E-state index contributed by atoms with van der Waals surface area (Å²) in [5.74, 6) is -0.0822. The Hall–Kier alpha value is -0.940. The summed E-state index contributed by atoms with van der Waals surface area (Å²) in [4.78, 5) is 16.1. The largest absolute Gasteiger partial charge is 0.350 e. The lowest BCUT2D eigenvalue weighted by Crippen LogP contribution is -2.40. The quantitative estimate of drug-likeness (QED) is 0.863. The fraction of sp³-hybridized carbons (Fsp3) is 0.667. The first-order valence-electron chi connectivity index (χ1n) is 5.99. The van der Waals surface area contributed by atoms with Crippen molar-refractivity contribution in [2.75, 3.05) is 6.54 Å². The highest BCUT2D eigenvalue weighted by Gasteiger charge is 2.32. The molecule has 5 heteroatoms. The van der Waals surface area contributed by atoms with Gasteiger partial charge in [-0.3, -0.25) is 4.79 Å². The van der Waals surface area contributed by atoms with Crippen LogP contribution in [0.3, 0.4) is 0 Å². The van der Waals surface area contributed by atoms with Crippen molar-refractivity contribution in [3.8, 4) is 0 Å². The Morgan fingerprint density at radius 3 is 2.88 bits per heavy atom. The molecule has 0 radical (unpaired) electrons. The van der Waals surface area contributed by atoms with Gasteiger partial charge in [0.05, 0.1) is 6.04 Å². The molecular formula is C12H19N3OS. The molecule has 4 nitrogen and oxygen atoms in total. The van der Waals surface area contributed by atoms with Crippen LogP contribution in [0.4, 0.5) is 0 Å². The molecule has 1 amide bonds. The third-order valence-corrected chi connectivity index (χ3v) is 4.43. The zero-order valence-corrected chi connectivity index (χ0v) is 11.1. The average Bonchev–Trinajstić information content (AvgIpc) is 2.72. The van der Waals surface area contributed by atoms with Crippen LogP contribution < -0.4 is 11.1 Å².